The van der Waals surface area contributed by atoms with E-state index in [0.717, 1.165) is 18.8 Å². The van der Waals surface area contributed by atoms with Crippen LogP contribution in [0, 0.1) is 0 Å². The standard InChI is InChI=1S/C9H11N3.BrH/c10-9-11-6-7-12(9)8-4-2-1-3-5-8;/h1-5H,6-7H2,(H2,10,11);1H/p-1. The molecule has 1 heterocycles. The zero-order valence-corrected chi connectivity index (χ0v) is 8.74. The van der Waals surface area contributed by atoms with Gasteiger partial charge in [0.1, 0.15) is 0 Å². The Labute approximate surface area is 88.0 Å². The number of para-hydroxylation sites is 1. The fourth-order valence-corrected chi connectivity index (χ4v) is 1.33. The van der Waals surface area contributed by atoms with E-state index in [9.17, 15) is 0 Å². The van der Waals surface area contributed by atoms with Crippen molar-refractivity contribution in [3.8, 4) is 0 Å². The number of rotatable bonds is 1. The number of anilines is 1. The summed E-state index contributed by atoms with van der Waals surface area (Å²) < 4.78 is 0. The van der Waals surface area contributed by atoms with Crippen molar-refractivity contribution < 1.29 is 17.0 Å². The molecule has 2 N–H and O–H groups in total. The SMILES string of the molecule is NC1=NCCN1c1ccccc1.[Br-]. The first-order valence-corrected chi connectivity index (χ1v) is 4.00. The summed E-state index contributed by atoms with van der Waals surface area (Å²) in [4.78, 5) is 6.13. The molecule has 70 valence electrons. The van der Waals surface area contributed by atoms with Crippen molar-refractivity contribution in [1.29, 1.82) is 0 Å². The highest BCUT2D eigenvalue weighted by molar-refractivity contribution is 5.96. The van der Waals surface area contributed by atoms with E-state index in [1.165, 1.54) is 0 Å². The predicted octanol–water partition coefficient (Wildman–Crippen LogP) is -2.17. The van der Waals surface area contributed by atoms with Crippen LogP contribution in [0.2, 0.25) is 0 Å². The first-order chi connectivity index (χ1) is 5.88. The number of nitrogens with two attached hydrogens (primary N) is 1. The van der Waals surface area contributed by atoms with E-state index in [-0.39, 0.29) is 17.0 Å². The molecule has 0 bridgehead atoms. The third kappa shape index (κ3) is 2.01. The molecule has 0 unspecified atom stereocenters. The van der Waals surface area contributed by atoms with Gasteiger partial charge in [-0.15, -0.1) is 0 Å². The van der Waals surface area contributed by atoms with Gasteiger partial charge in [-0.1, -0.05) is 18.2 Å². The summed E-state index contributed by atoms with van der Waals surface area (Å²) in [5.41, 5.74) is 6.81. The summed E-state index contributed by atoms with van der Waals surface area (Å²) in [7, 11) is 0. The molecule has 0 aromatic heterocycles. The maximum Gasteiger partial charge on any atom is 0.195 e. The molecule has 1 aliphatic rings. The second-order valence-electron chi connectivity index (χ2n) is 2.73. The van der Waals surface area contributed by atoms with Crippen LogP contribution >= 0.6 is 0 Å². The van der Waals surface area contributed by atoms with Crippen LogP contribution in [0.4, 0.5) is 5.69 Å². The molecule has 2 rings (SSSR count). The average Bonchev–Trinajstić information content (AvgIpc) is 2.53. The molecule has 0 amide bonds. The lowest BCUT2D eigenvalue weighted by atomic mass is 10.3. The molecule has 0 fully saturated rings. The summed E-state index contributed by atoms with van der Waals surface area (Å²) in [6, 6.07) is 10.1. The summed E-state index contributed by atoms with van der Waals surface area (Å²) >= 11 is 0. The van der Waals surface area contributed by atoms with Crippen LogP contribution in [0.15, 0.2) is 35.3 Å². The molecule has 0 aliphatic carbocycles. The number of benzene rings is 1. The Hall–Kier alpha value is -1.03. The van der Waals surface area contributed by atoms with Crippen molar-refractivity contribution in [2.24, 2.45) is 10.7 Å². The van der Waals surface area contributed by atoms with Crippen LogP contribution in [-0.4, -0.2) is 19.0 Å². The highest BCUT2D eigenvalue weighted by atomic mass is 79.9. The first kappa shape index (κ1) is 10.1. The van der Waals surface area contributed by atoms with Gasteiger partial charge >= 0.3 is 0 Å². The molecule has 0 radical (unpaired) electrons. The fourth-order valence-electron chi connectivity index (χ4n) is 1.33. The van der Waals surface area contributed by atoms with Crippen molar-refractivity contribution >= 4 is 11.6 Å². The summed E-state index contributed by atoms with van der Waals surface area (Å²) in [6.07, 6.45) is 0. The van der Waals surface area contributed by atoms with Crippen molar-refractivity contribution in [3.63, 3.8) is 0 Å². The molecule has 13 heavy (non-hydrogen) atoms. The lowest BCUT2D eigenvalue weighted by Gasteiger charge is -2.16. The monoisotopic (exact) mass is 240 g/mol. The zero-order chi connectivity index (χ0) is 8.39. The number of aliphatic imine (C=N–C) groups is 1. The molecule has 0 spiro atoms. The average molecular weight is 241 g/mol. The highest BCUT2D eigenvalue weighted by Crippen LogP contribution is 2.14. The fraction of sp³-hybridized carbons (Fsp3) is 0.222. The van der Waals surface area contributed by atoms with Gasteiger partial charge in [-0.2, -0.15) is 0 Å². The maximum atomic E-state index is 5.69. The molecule has 4 heteroatoms. The number of nitrogens with zero attached hydrogens (tertiary/aromatic N) is 2. The lowest BCUT2D eigenvalue weighted by molar-refractivity contribution is -0.00000255. The Morgan fingerprint density at radius 2 is 1.92 bits per heavy atom. The van der Waals surface area contributed by atoms with E-state index in [1.807, 2.05) is 35.2 Å². The van der Waals surface area contributed by atoms with Crippen LogP contribution in [0.25, 0.3) is 0 Å². The van der Waals surface area contributed by atoms with Crippen molar-refractivity contribution in [3.05, 3.63) is 30.3 Å². The van der Waals surface area contributed by atoms with Gasteiger partial charge in [0.25, 0.3) is 0 Å². The maximum absolute atomic E-state index is 5.69. The normalized spacial score (nSPS) is 15.1. The lowest BCUT2D eigenvalue weighted by Crippen LogP contribution is -3.00. The Bertz CT molecular complexity index is 297. The largest absolute Gasteiger partial charge is 1.00 e. The van der Waals surface area contributed by atoms with Crippen LogP contribution in [0.3, 0.4) is 0 Å². The molecule has 0 saturated heterocycles. The Balaban J connectivity index is 0.000000845. The number of hydrogen-bond acceptors (Lipinski definition) is 3. The minimum absolute atomic E-state index is 0. The second-order valence-corrected chi connectivity index (χ2v) is 2.73. The quantitative estimate of drug-likeness (QED) is 0.607. The third-order valence-corrected chi connectivity index (χ3v) is 1.94. The Morgan fingerprint density at radius 3 is 2.46 bits per heavy atom. The van der Waals surface area contributed by atoms with E-state index in [2.05, 4.69) is 4.99 Å². The predicted molar refractivity (Wildman–Crippen MR) is 50.3 cm³/mol. The van der Waals surface area contributed by atoms with Gasteiger partial charge in [0, 0.05) is 12.2 Å². The summed E-state index contributed by atoms with van der Waals surface area (Å²) in [5, 5.41) is 0. The smallest absolute Gasteiger partial charge is 0.195 e. The highest BCUT2D eigenvalue weighted by Gasteiger charge is 2.14. The van der Waals surface area contributed by atoms with Gasteiger partial charge in [0.2, 0.25) is 0 Å². The van der Waals surface area contributed by atoms with Crippen LogP contribution in [0.1, 0.15) is 0 Å². The van der Waals surface area contributed by atoms with Gasteiger partial charge in [0.15, 0.2) is 5.96 Å². The molecule has 1 aromatic rings. The first-order valence-electron chi connectivity index (χ1n) is 4.00. The van der Waals surface area contributed by atoms with Crippen molar-refractivity contribution in [2.45, 2.75) is 0 Å². The number of hydrogen-bond donors (Lipinski definition) is 1. The van der Waals surface area contributed by atoms with Gasteiger partial charge < -0.3 is 27.6 Å². The van der Waals surface area contributed by atoms with Crippen LogP contribution in [-0.2, 0) is 0 Å². The summed E-state index contributed by atoms with van der Waals surface area (Å²) in [5.74, 6) is 0.626. The molecule has 1 aromatic carbocycles. The molecule has 3 nitrogen and oxygen atoms in total. The van der Waals surface area contributed by atoms with E-state index in [0.29, 0.717) is 5.96 Å². The van der Waals surface area contributed by atoms with Gasteiger partial charge in [-0.3, -0.25) is 4.99 Å². The molecular weight excluding hydrogens is 230 g/mol. The molecular formula is C9H11BrN3-. The van der Waals surface area contributed by atoms with Crippen molar-refractivity contribution in [2.75, 3.05) is 18.0 Å². The van der Waals surface area contributed by atoms with E-state index >= 15 is 0 Å². The van der Waals surface area contributed by atoms with E-state index in [1.54, 1.807) is 0 Å². The molecule has 0 atom stereocenters. The van der Waals surface area contributed by atoms with E-state index in [4.69, 9.17) is 5.73 Å². The Kier molecular flexibility index (Phi) is 3.31. The third-order valence-electron chi connectivity index (χ3n) is 1.94. The second kappa shape index (κ2) is 4.28. The number of guanidine groups is 1. The van der Waals surface area contributed by atoms with Gasteiger partial charge in [-0.05, 0) is 12.1 Å². The summed E-state index contributed by atoms with van der Waals surface area (Å²) in [6.45, 7) is 1.70. The van der Waals surface area contributed by atoms with Gasteiger partial charge in [0.05, 0.1) is 6.54 Å². The topological polar surface area (TPSA) is 41.6 Å². The number of halogens is 1. The minimum Gasteiger partial charge on any atom is -1.00 e. The Morgan fingerprint density at radius 1 is 1.23 bits per heavy atom. The zero-order valence-electron chi connectivity index (χ0n) is 7.15. The molecule has 1 aliphatic heterocycles. The minimum atomic E-state index is 0. The van der Waals surface area contributed by atoms with Gasteiger partial charge in [-0.25, -0.2) is 0 Å². The van der Waals surface area contributed by atoms with Crippen molar-refractivity contribution in [1.82, 2.24) is 0 Å². The van der Waals surface area contributed by atoms with E-state index < -0.39 is 0 Å². The molecule has 0 saturated carbocycles. The van der Waals surface area contributed by atoms with Crippen LogP contribution < -0.4 is 27.6 Å². The van der Waals surface area contributed by atoms with Crippen LogP contribution in [0.5, 0.6) is 0 Å².